The van der Waals surface area contributed by atoms with Gasteiger partial charge >= 0.3 is 0 Å². The average Bonchev–Trinajstić information content (AvgIpc) is 2.72. The zero-order valence-electron chi connectivity index (χ0n) is 8.15. The summed E-state index contributed by atoms with van der Waals surface area (Å²) in [6.07, 6.45) is 0. The number of aliphatic hydroxyl groups is 1. The molecule has 0 aliphatic rings. The Kier molecular flexibility index (Phi) is 2.47. The second kappa shape index (κ2) is 3.50. The molecule has 0 saturated heterocycles. The Hall–Kier alpha value is -0.640. The van der Waals surface area contributed by atoms with Crippen molar-refractivity contribution < 1.29 is 5.11 Å². The highest BCUT2D eigenvalue weighted by Crippen LogP contribution is 2.34. The molecule has 1 nitrogen and oxygen atoms in total. The summed E-state index contributed by atoms with van der Waals surface area (Å²) in [6.45, 7) is 3.90. The second-order valence-corrected chi connectivity index (χ2v) is 5.56. The summed E-state index contributed by atoms with van der Waals surface area (Å²) in [5.74, 6) is 0. The fourth-order valence-corrected chi connectivity index (χ4v) is 3.01. The Morgan fingerprint density at radius 3 is 2.64 bits per heavy atom. The normalized spacial score (nSPS) is 15.4. The molecule has 0 radical (unpaired) electrons. The van der Waals surface area contributed by atoms with Gasteiger partial charge in [-0.1, -0.05) is 6.07 Å². The Balaban J connectivity index is 2.42. The van der Waals surface area contributed by atoms with E-state index in [2.05, 4.69) is 6.92 Å². The van der Waals surface area contributed by atoms with Gasteiger partial charge in [-0.15, -0.1) is 22.7 Å². The summed E-state index contributed by atoms with van der Waals surface area (Å²) >= 11 is 3.26. The van der Waals surface area contributed by atoms with E-state index < -0.39 is 5.60 Å². The first-order chi connectivity index (χ1) is 6.60. The van der Waals surface area contributed by atoms with Crippen molar-refractivity contribution in [3.8, 4) is 0 Å². The van der Waals surface area contributed by atoms with Crippen LogP contribution in [0.1, 0.15) is 22.2 Å². The van der Waals surface area contributed by atoms with Crippen molar-refractivity contribution in [3.63, 3.8) is 0 Å². The van der Waals surface area contributed by atoms with Crippen LogP contribution in [0.25, 0.3) is 0 Å². The maximum atomic E-state index is 10.4. The van der Waals surface area contributed by atoms with Gasteiger partial charge in [0.1, 0.15) is 5.60 Å². The van der Waals surface area contributed by atoms with Gasteiger partial charge in [-0.3, -0.25) is 0 Å². The molecule has 0 spiro atoms. The molecule has 1 N–H and O–H groups in total. The minimum Gasteiger partial charge on any atom is -0.380 e. The molecule has 2 rings (SSSR count). The highest BCUT2D eigenvalue weighted by Gasteiger charge is 2.27. The van der Waals surface area contributed by atoms with Crippen molar-refractivity contribution in [1.29, 1.82) is 0 Å². The van der Waals surface area contributed by atoms with E-state index >= 15 is 0 Å². The Morgan fingerprint density at radius 1 is 1.36 bits per heavy atom. The molecule has 14 heavy (non-hydrogen) atoms. The van der Waals surface area contributed by atoms with E-state index in [1.807, 2.05) is 35.9 Å². The van der Waals surface area contributed by atoms with Gasteiger partial charge < -0.3 is 5.11 Å². The number of thiophene rings is 2. The lowest BCUT2D eigenvalue weighted by atomic mass is 9.97. The first-order valence-electron chi connectivity index (χ1n) is 4.42. The van der Waals surface area contributed by atoms with Gasteiger partial charge in [0.2, 0.25) is 0 Å². The molecule has 3 heteroatoms. The molecule has 1 atom stereocenters. The molecule has 1 unspecified atom stereocenters. The van der Waals surface area contributed by atoms with Gasteiger partial charge in [0.25, 0.3) is 0 Å². The van der Waals surface area contributed by atoms with Gasteiger partial charge in [-0.2, -0.15) is 0 Å². The molecular formula is C11H12OS2. The average molecular weight is 224 g/mol. The molecule has 0 amide bonds. The van der Waals surface area contributed by atoms with Gasteiger partial charge in [0.15, 0.2) is 0 Å². The lowest BCUT2D eigenvalue weighted by Crippen LogP contribution is -2.20. The van der Waals surface area contributed by atoms with Crippen molar-refractivity contribution in [1.82, 2.24) is 0 Å². The Bertz CT molecular complexity index is 412. The van der Waals surface area contributed by atoms with Crippen LogP contribution in [0.2, 0.25) is 0 Å². The highest BCUT2D eigenvalue weighted by molar-refractivity contribution is 7.10. The predicted octanol–water partition coefficient (Wildman–Crippen LogP) is 3.37. The van der Waals surface area contributed by atoms with Crippen molar-refractivity contribution in [2.24, 2.45) is 0 Å². The van der Waals surface area contributed by atoms with Gasteiger partial charge in [0, 0.05) is 9.75 Å². The molecule has 74 valence electrons. The molecule has 0 fully saturated rings. The summed E-state index contributed by atoms with van der Waals surface area (Å²) in [6, 6.07) is 5.98. The molecule has 0 aromatic carbocycles. The van der Waals surface area contributed by atoms with Crippen LogP contribution in [0.15, 0.2) is 29.0 Å². The summed E-state index contributed by atoms with van der Waals surface area (Å²) in [5.41, 5.74) is 0.154. The zero-order valence-corrected chi connectivity index (χ0v) is 9.78. The van der Waals surface area contributed by atoms with Crippen molar-refractivity contribution >= 4 is 22.7 Å². The van der Waals surface area contributed by atoms with Gasteiger partial charge in [-0.05, 0) is 42.3 Å². The third-order valence-corrected chi connectivity index (χ3v) is 4.24. The fraction of sp³-hybridized carbons (Fsp3) is 0.273. The van der Waals surface area contributed by atoms with E-state index in [0.29, 0.717) is 0 Å². The molecule has 2 aromatic rings. The van der Waals surface area contributed by atoms with E-state index in [4.69, 9.17) is 0 Å². The van der Waals surface area contributed by atoms with Crippen molar-refractivity contribution in [2.45, 2.75) is 19.4 Å². The summed E-state index contributed by atoms with van der Waals surface area (Å²) < 4.78 is 0. The van der Waals surface area contributed by atoms with Crippen LogP contribution in [-0.2, 0) is 5.60 Å². The molecular weight excluding hydrogens is 212 g/mol. The third kappa shape index (κ3) is 1.63. The first kappa shape index (κ1) is 9.90. The molecule has 2 aromatic heterocycles. The fourth-order valence-electron chi connectivity index (χ4n) is 1.40. The van der Waals surface area contributed by atoms with Crippen LogP contribution in [0.4, 0.5) is 0 Å². The Labute approximate surface area is 91.7 Å². The van der Waals surface area contributed by atoms with E-state index in [-0.39, 0.29) is 0 Å². The third-order valence-electron chi connectivity index (χ3n) is 2.29. The van der Waals surface area contributed by atoms with Crippen LogP contribution in [0, 0.1) is 6.92 Å². The summed E-state index contributed by atoms with van der Waals surface area (Å²) in [4.78, 5) is 2.23. The quantitative estimate of drug-likeness (QED) is 0.829. The Morgan fingerprint density at radius 2 is 2.14 bits per heavy atom. The topological polar surface area (TPSA) is 20.2 Å². The van der Waals surface area contributed by atoms with Crippen LogP contribution in [0.3, 0.4) is 0 Å². The monoisotopic (exact) mass is 224 g/mol. The van der Waals surface area contributed by atoms with E-state index in [0.717, 1.165) is 10.4 Å². The van der Waals surface area contributed by atoms with Crippen LogP contribution >= 0.6 is 22.7 Å². The molecule has 0 aliphatic heterocycles. The number of hydrogen-bond donors (Lipinski definition) is 1. The number of hydrogen-bond acceptors (Lipinski definition) is 3. The maximum absolute atomic E-state index is 10.4. The minimum absolute atomic E-state index is 0.834. The minimum atomic E-state index is -0.834. The SMILES string of the molecule is Cc1cc(C(C)(O)c2cccs2)cs1. The molecule has 0 saturated carbocycles. The van der Waals surface area contributed by atoms with Crippen LogP contribution in [-0.4, -0.2) is 5.11 Å². The van der Waals surface area contributed by atoms with E-state index in [1.54, 1.807) is 22.7 Å². The highest BCUT2D eigenvalue weighted by atomic mass is 32.1. The smallest absolute Gasteiger partial charge is 0.122 e. The van der Waals surface area contributed by atoms with Crippen molar-refractivity contribution in [3.05, 3.63) is 44.3 Å². The standard InChI is InChI=1S/C11H12OS2/c1-8-6-9(7-14-8)11(2,12)10-4-3-5-13-10/h3-7,12H,1-2H3. The first-order valence-corrected chi connectivity index (χ1v) is 6.18. The largest absolute Gasteiger partial charge is 0.380 e. The number of rotatable bonds is 2. The molecule has 0 aliphatic carbocycles. The van der Waals surface area contributed by atoms with Crippen LogP contribution in [0.5, 0.6) is 0 Å². The van der Waals surface area contributed by atoms with Gasteiger partial charge in [-0.25, -0.2) is 0 Å². The van der Waals surface area contributed by atoms with Crippen molar-refractivity contribution in [2.75, 3.05) is 0 Å². The van der Waals surface area contributed by atoms with E-state index in [9.17, 15) is 5.11 Å². The lowest BCUT2D eigenvalue weighted by Gasteiger charge is -2.20. The lowest BCUT2D eigenvalue weighted by molar-refractivity contribution is 0.107. The predicted molar refractivity (Wildman–Crippen MR) is 62.0 cm³/mol. The van der Waals surface area contributed by atoms with E-state index in [1.165, 1.54) is 4.88 Å². The molecule has 0 bridgehead atoms. The zero-order chi connectivity index (χ0) is 10.2. The van der Waals surface area contributed by atoms with Gasteiger partial charge in [0.05, 0.1) is 0 Å². The second-order valence-electron chi connectivity index (χ2n) is 3.50. The summed E-state index contributed by atoms with van der Waals surface area (Å²) in [5, 5.41) is 14.4. The number of aryl methyl sites for hydroxylation is 1. The molecule has 2 heterocycles. The van der Waals surface area contributed by atoms with Crippen LogP contribution < -0.4 is 0 Å². The summed E-state index contributed by atoms with van der Waals surface area (Å²) in [7, 11) is 0. The maximum Gasteiger partial charge on any atom is 0.122 e.